The van der Waals surface area contributed by atoms with E-state index in [1.807, 2.05) is 67.6 Å². The molecule has 0 fully saturated rings. The number of benzene rings is 2. The van der Waals surface area contributed by atoms with Crippen molar-refractivity contribution in [2.75, 3.05) is 6.61 Å². The Hall–Kier alpha value is -3.32. The van der Waals surface area contributed by atoms with Gasteiger partial charge in [0.25, 0.3) is 0 Å². The van der Waals surface area contributed by atoms with Crippen molar-refractivity contribution in [2.45, 2.75) is 6.92 Å². The topological polar surface area (TPSA) is 58.5 Å². The molecule has 4 nitrogen and oxygen atoms in total. The van der Waals surface area contributed by atoms with Gasteiger partial charge < -0.3 is 9.15 Å². The van der Waals surface area contributed by atoms with Crippen LogP contribution in [0.3, 0.4) is 0 Å². The molecule has 0 unspecified atom stereocenters. The maximum Gasteiger partial charge on any atom is 0.240 e. The molecule has 0 aliphatic carbocycles. The van der Waals surface area contributed by atoms with Gasteiger partial charge in [-0.1, -0.05) is 60.7 Å². The number of aliphatic imine (C=N–C) groups is 1. The minimum absolute atomic E-state index is 0.253. The van der Waals surface area contributed by atoms with E-state index in [4.69, 9.17) is 9.15 Å². The van der Waals surface area contributed by atoms with Crippen LogP contribution in [0.5, 0.6) is 0 Å². The molecule has 0 spiro atoms. The van der Waals surface area contributed by atoms with Crippen molar-refractivity contribution in [2.24, 2.45) is 4.99 Å². The molecule has 1 heterocycles. The van der Waals surface area contributed by atoms with Crippen molar-refractivity contribution in [3.05, 3.63) is 66.2 Å². The molecule has 0 amide bonds. The van der Waals surface area contributed by atoms with Crippen molar-refractivity contribution in [1.29, 1.82) is 5.26 Å². The van der Waals surface area contributed by atoms with E-state index in [0.717, 1.165) is 16.7 Å². The largest absolute Gasteiger partial charge is 0.483 e. The molecule has 0 aliphatic heterocycles. The van der Waals surface area contributed by atoms with Crippen molar-refractivity contribution in [3.63, 3.8) is 0 Å². The smallest absolute Gasteiger partial charge is 0.240 e. The highest BCUT2D eigenvalue weighted by molar-refractivity contribution is 5.88. The SMILES string of the molecule is CCOC=Nc1oc(-c2ccccc2)c(-c2ccccc2)c1C#N. The van der Waals surface area contributed by atoms with Gasteiger partial charge in [0.15, 0.2) is 6.40 Å². The second-order valence-electron chi connectivity index (χ2n) is 5.02. The summed E-state index contributed by atoms with van der Waals surface area (Å²) in [4.78, 5) is 4.16. The van der Waals surface area contributed by atoms with Crippen LogP contribution in [0, 0.1) is 11.3 Å². The minimum atomic E-state index is 0.253. The van der Waals surface area contributed by atoms with Crippen molar-refractivity contribution < 1.29 is 9.15 Å². The molecule has 0 atom stereocenters. The van der Waals surface area contributed by atoms with Gasteiger partial charge in [-0.05, 0) is 12.5 Å². The second kappa shape index (κ2) is 7.30. The Morgan fingerprint density at radius 3 is 2.25 bits per heavy atom. The molecule has 118 valence electrons. The standard InChI is InChI=1S/C20H16N2O2/c1-2-23-14-22-20-17(13-21)18(15-9-5-3-6-10-15)19(24-20)16-11-7-4-8-12-16/h3-12,14H,2H2,1H3. The lowest BCUT2D eigenvalue weighted by molar-refractivity contribution is 0.343. The normalized spacial score (nSPS) is 10.7. The third-order valence-electron chi connectivity index (χ3n) is 3.51. The molecule has 0 saturated heterocycles. The molecule has 2 aromatic carbocycles. The van der Waals surface area contributed by atoms with E-state index in [1.165, 1.54) is 6.40 Å². The monoisotopic (exact) mass is 316 g/mol. The van der Waals surface area contributed by atoms with Gasteiger partial charge in [0, 0.05) is 11.1 Å². The summed E-state index contributed by atoms with van der Waals surface area (Å²) in [7, 11) is 0. The molecule has 24 heavy (non-hydrogen) atoms. The number of hydrogen-bond acceptors (Lipinski definition) is 4. The van der Waals surface area contributed by atoms with Gasteiger partial charge in [-0.25, -0.2) is 0 Å². The van der Waals surface area contributed by atoms with Gasteiger partial charge in [-0.15, -0.1) is 0 Å². The lowest BCUT2D eigenvalue weighted by atomic mass is 9.98. The van der Waals surface area contributed by atoms with Crippen LogP contribution in [0.15, 0.2) is 70.1 Å². The van der Waals surface area contributed by atoms with E-state index in [-0.39, 0.29) is 5.88 Å². The van der Waals surface area contributed by atoms with Crippen LogP contribution in [0.2, 0.25) is 0 Å². The summed E-state index contributed by atoms with van der Waals surface area (Å²) < 4.78 is 11.1. The lowest BCUT2D eigenvalue weighted by Gasteiger charge is -2.03. The van der Waals surface area contributed by atoms with Gasteiger partial charge in [-0.3, -0.25) is 0 Å². The predicted octanol–water partition coefficient (Wildman–Crippen LogP) is 5.18. The molecule has 3 aromatic rings. The number of ether oxygens (including phenoxy) is 1. The number of nitriles is 1. The van der Waals surface area contributed by atoms with E-state index < -0.39 is 0 Å². The summed E-state index contributed by atoms with van der Waals surface area (Å²) in [6.07, 6.45) is 1.31. The van der Waals surface area contributed by atoms with Crippen LogP contribution < -0.4 is 0 Å². The molecule has 0 N–H and O–H groups in total. The highest BCUT2D eigenvalue weighted by Gasteiger charge is 2.22. The predicted molar refractivity (Wildman–Crippen MR) is 94.1 cm³/mol. The Bertz CT molecular complexity index is 875. The molecule has 1 aromatic heterocycles. The Labute approximate surface area is 140 Å². The summed E-state index contributed by atoms with van der Waals surface area (Å²) in [5.41, 5.74) is 2.95. The van der Waals surface area contributed by atoms with Gasteiger partial charge >= 0.3 is 0 Å². The summed E-state index contributed by atoms with van der Waals surface area (Å²) in [6.45, 7) is 2.37. The maximum atomic E-state index is 9.65. The third kappa shape index (κ3) is 3.06. The van der Waals surface area contributed by atoms with Gasteiger partial charge in [0.05, 0.1) is 6.61 Å². The first-order valence-corrected chi connectivity index (χ1v) is 7.67. The first-order chi connectivity index (χ1) is 11.8. The fourth-order valence-electron chi connectivity index (χ4n) is 2.45. The molecule has 4 heteroatoms. The van der Waals surface area contributed by atoms with E-state index in [1.54, 1.807) is 0 Å². The number of hydrogen-bond donors (Lipinski definition) is 0. The first kappa shape index (κ1) is 15.6. The zero-order valence-corrected chi connectivity index (χ0v) is 13.3. The Balaban J connectivity index is 2.22. The summed E-state index contributed by atoms with van der Waals surface area (Å²) in [5, 5.41) is 9.65. The highest BCUT2D eigenvalue weighted by atomic mass is 16.5. The second-order valence-corrected chi connectivity index (χ2v) is 5.02. The molecule has 3 rings (SSSR count). The van der Waals surface area contributed by atoms with Gasteiger partial charge in [-0.2, -0.15) is 10.3 Å². The Morgan fingerprint density at radius 1 is 1.04 bits per heavy atom. The third-order valence-corrected chi connectivity index (χ3v) is 3.51. The van der Waals surface area contributed by atoms with Gasteiger partial charge in [0.1, 0.15) is 17.4 Å². The first-order valence-electron chi connectivity index (χ1n) is 7.67. The molecule has 0 bridgehead atoms. The quantitative estimate of drug-likeness (QED) is 0.481. The fourth-order valence-corrected chi connectivity index (χ4v) is 2.45. The van der Waals surface area contributed by atoms with Crippen LogP contribution >= 0.6 is 0 Å². The Kier molecular flexibility index (Phi) is 4.73. The Morgan fingerprint density at radius 2 is 1.67 bits per heavy atom. The van der Waals surface area contributed by atoms with E-state index >= 15 is 0 Å². The lowest BCUT2D eigenvalue weighted by Crippen LogP contribution is -1.84. The maximum absolute atomic E-state index is 9.65. The molecule has 0 aliphatic rings. The van der Waals surface area contributed by atoms with E-state index in [9.17, 15) is 5.26 Å². The minimum Gasteiger partial charge on any atom is -0.483 e. The van der Waals surface area contributed by atoms with Crippen molar-refractivity contribution >= 4 is 12.3 Å². The van der Waals surface area contributed by atoms with Crippen LogP contribution in [-0.4, -0.2) is 13.0 Å². The summed E-state index contributed by atoms with van der Waals surface area (Å²) in [6, 6.07) is 21.6. The number of rotatable bonds is 5. The van der Waals surface area contributed by atoms with Crippen LogP contribution in [0.25, 0.3) is 22.5 Å². The summed E-state index contributed by atoms with van der Waals surface area (Å²) in [5.74, 6) is 0.880. The summed E-state index contributed by atoms with van der Waals surface area (Å²) >= 11 is 0. The van der Waals surface area contributed by atoms with Gasteiger partial charge in [0.2, 0.25) is 5.88 Å². The molecular weight excluding hydrogens is 300 g/mol. The average Bonchev–Trinajstić information content (AvgIpc) is 3.02. The van der Waals surface area contributed by atoms with Crippen molar-refractivity contribution in [1.82, 2.24) is 0 Å². The van der Waals surface area contributed by atoms with Crippen molar-refractivity contribution in [3.8, 4) is 28.5 Å². The van der Waals surface area contributed by atoms with Crippen LogP contribution in [-0.2, 0) is 4.74 Å². The molecule has 0 saturated carbocycles. The van der Waals surface area contributed by atoms with E-state index in [0.29, 0.717) is 17.9 Å². The molecular formula is C20H16N2O2. The highest BCUT2D eigenvalue weighted by Crippen LogP contribution is 2.42. The van der Waals surface area contributed by atoms with E-state index in [2.05, 4.69) is 11.1 Å². The fraction of sp³-hybridized carbons (Fsp3) is 0.100. The number of furan rings is 1. The average molecular weight is 316 g/mol. The number of nitrogens with zero attached hydrogens (tertiary/aromatic N) is 2. The van der Waals surface area contributed by atoms with Crippen LogP contribution in [0.1, 0.15) is 12.5 Å². The van der Waals surface area contributed by atoms with Crippen LogP contribution in [0.4, 0.5) is 5.88 Å². The zero-order chi connectivity index (χ0) is 16.8. The zero-order valence-electron chi connectivity index (χ0n) is 13.3. The molecule has 0 radical (unpaired) electrons.